The number of carbonyl (C=O) groups excluding carboxylic acids is 1. The van der Waals surface area contributed by atoms with Crippen LogP contribution < -0.4 is 11.1 Å². The molecule has 1 saturated carbocycles. The van der Waals surface area contributed by atoms with Gasteiger partial charge in [0.2, 0.25) is 5.91 Å². The van der Waals surface area contributed by atoms with Crippen molar-refractivity contribution in [1.29, 1.82) is 0 Å². The van der Waals surface area contributed by atoms with E-state index in [1.807, 2.05) is 18.2 Å². The molecule has 1 aliphatic rings. The van der Waals surface area contributed by atoms with Crippen LogP contribution in [0.5, 0.6) is 0 Å². The Balaban J connectivity index is 2.05. The van der Waals surface area contributed by atoms with Gasteiger partial charge in [-0.1, -0.05) is 12.5 Å². The molecular weight excluding hydrogens is 327 g/mol. The molecule has 0 aliphatic heterocycles. The standard InChI is InChI=1S/C13H17IN2O/c1-8-5-6-9(7-11(8)14)16-13(17)10-3-2-4-12(10)15/h5-7,10,12H,2-4,15H2,1H3,(H,16,17). The zero-order valence-electron chi connectivity index (χ0n) is 9.87. The van der Waals surface area contributed by atoms with Crippen LogP contribution in [-0.4, -0.2) is 11.9 Å². The van der Waals surface area contributed by atoms with Crippen LogP contribution >= 0.6 is 22.6 Å². The second-order valence-electron chi connectivity index (χ2n) is 4.65. The van der Waals surface area contributed by atoms with E-state index < -0.39 is 0 Å². The molecule has 3 nitrogen and oxygen atoms in total. The highest BCUT2D eigenvalue weighted by Gasteiger charge is 2.30. The van der Waals surface area contributed by atoms with Gasteiger partial charge in [-0.15, -0.1) is 0 Å². The third-order valence-corrected chi connectivity index (χ3v) is 4.51. The summed E-state index contributed by atoms with van der Waals surface area (Å²) in [5.41, 5.74) is 8.01. The minimum Gasteiger partial charge on any atom is -0.327 e. The number of benzene rings is 1. The SMILES string of the molecule is Cc1ccc(NC(=O)C2CCCC2N)cc1I. The van der Waals surface area contributed by atoms with E-state index in [-0.39, 0.29) is 17.9 Å². The molecule has 0 radical (unpaired) electrons. The Kier molecular flexibility index (Phi) is 4.04. The zero-order chi connectivity index (χ0) is 12.4. The number of halogens is 1. The Hall–Kier alpha value is -0.620. The molecule has 0 saturated heterocycles. The first-order valence-electron chi connectivity index (χ1n) is 5.90. The molecule has 1 aliphatic carbocycles. The van der Waals surface area contributed by atoms with E-state index in [1.165, 1.54) is 5.56 Å². The lowest BCUT2D eigenvalue weighted by Gasteiger charge is -2.15. The molecule has 1 fully saturated rings. The number of anilines is 1. The number of aryl methyl sites for hydroxylation is 1. The lowest BCUT2D eigenvalue weighted by atomic mass is 10.0. The van der Waals surface area contributed by atoms with Gasteiger partial charge in [0.15, 0.2) is 0 Å². The molecule has 1 aromatic rings. The number of nitrogens with one attached hydrogen (secondary N) is 1. The molecular formula is C13H17IN2O. The third kappa shape index (κ3) is 2.98. The first kappa shape index (κ1) is 12.8. The van der Waals surface area contributed by atoms with Crippen LogP contribution in [0.15, 0.2) is 18.2 Å². The second kappa shape index (κ2) is 5.35. The van der Waals surface area contributed by atoms with Crippen molar-refractivity contribution in [3.8, 4) is 0 Å². The average Bonchev–Trinajstić information content (AvgIpc) is 2.70. The highest BCUT2D eigenvalue weighted by atomic mass is 127. The molecule has 17 heavy (non-hydrogen) atoms. The molecule has 2 rings (SSSR count). The fourth-order valence-corrected chi connectivity index (χ4v) is 2.74. The van der Waals surface area contributed by atoms with Crippen molar-refractivity contribution in [2.24, 2.45) is 11.7 Å². The van der Waals surface area contributed by atoms with Crippen molar-refractivity contribution < 1.29 is 4.79 Å². The molecule has 3 N–H and O–H groups in total. The molecule has 1 amide bonds. The number of rotatable bonds is 2. The van der Waals surface area contributed by atoms with Crippen molar-refractivity contribution in [2.45, 2.75) is 32.2 Å². The van der Waals surface area contributed by atoms with Crippen LogP contribution in [0.25, 0.3) is 0 Å². The van der Waals surface area contributed by atoms with Crippen molar-refractivity contribution in [2.75, 3.05) is 5.32 Å². The van der Waals surface area contributed by atoms with Gasteiger partial charge in [-0.05, 0) is 60.1 Å². The minimum absolute atomic E-state index is 0.0195. The average molecular weight is 344 g/mol. The molecule has 0 heterocycles. The lowest BCUT2D eigenvalue weighted by Crippen LogP contribution is -2.34. The van der Waals surface area contributed by atoms with Gasteiger partial charge < -0.3 is 11.1 Å². The van der Waals surface area contributed by atoms with E-state index in [0.29, 0.717) is 0 Å². The van der Waals surface area contributed by atoms with Crippen molar-refractivity contribution in [3.63, 3.8) is 0 Å². The predicted molar refractivity (Wildman–Crippen MR) is 77.8 cm³/mol. The Morgan fingerprint density at radius 3 is 2.82 bits per heavy atom. The van der Waals surface area contributed by atoms with Gasteiger partial charge in [0.1, 0.15) is 0 Å². The summed E-state index contributed by atoms with van der Waals surface area (Å²) in [4.78, 5) is 12.0. The molecule has 2 atom stereocenters. The summed E-state index contributed by atoms with van der Waals surface area (Å²) in [5, 5.41) is 2.96. The first-order valence-corrected chi connectivity index (χ1v) is 6.98. The summed E-state index contributed by atoms with van der Waals surface area (Å²) >= 11 is 2.27. The number of hydrogen-bond acceptors (Lipinski definition) is 2. The maximum Gasteiger partial charge on any atom is 0.229 e. The quantitative estimate of drug-likeness (QED) is 0.811. The topological polar surface area (TPSA) is 55.1 Å². The summed E-state index contributed by atoms with van der Waals surface area (Å²) in [6.45, 7) is 2.06. The highest BCUT2D eigenvalue weighted by Crippen LogP contribution is 2.26. The third-order valence-electron chi connectivity index (χ3n) is 3.35. The van der Waals surface area contributed by atoms with Crippen LogP contribution in [0.4, 0.5) is 5.69 Å². The van der Waals surface area contributed by atoms with E-state index in [4.69, 9.17) is 5.73 Å². The maximum atomic E-state index is 12.0. The van der Waals surface area contributed by atoms with Crippen LogP contribution in [0, 0.1) is 16.4 Å². The number of amides is 1. The molecule has 2 unspecified atom stereocenters. The van der Waals surface area contributed by atoms with Crippen LogP contribution in [0.2, 0.25) is 0 Å². The number of hydrogen-bond donors (Lipinski definition) is 2. The second-order valence-corrected chi connectivity index (χ2v) is 5.82. The molecule has 0 aromatic heterocycles. The van der Waals surface area contributed by atoms with Gasteiger partial charge in [0.05, 0.1) is 5.92 Å². The monoisotopic (exact) mass is 344 g/mol. The maximum absolute atomic E-state index is 12.0. The van der Waals surface area contributed by atoms with Crippen molar-refractivity contribution in [1.82, 2.24) is 0 Å². The Morgan fingerprint density at radius 1 is 1.47 bits per heavy atom. The summed E-state index contributed by atoms with van der Waals surface area (Å²) in [6, 6.07) is 5.98. The number of nitrogens with two attached hydrogens (primary N) is 1. The van der Waals surface area contributed by atoms with E-state index in [2.05, 4.69) is 34.8 Å². The zero-order valence-corrected chi connectivity index (χ0v) is 12.0. The fourth-order valence-electron chi connectivity index (χ4n) is 2.22. The molecule has 4 heteroatoms. The highest BCUT2D eigenvalue weighted by molar-refractivity contribution is 14.1. The largest absolute Gasteiger partial charge is 0.327 e. The van der Waals surface area contributed by atoms with E-state index in [0.717, 1.165) is 28.5 Å². The van der Waals surface area contributed by atoms with E-state index in [9.17, 15) is 4.79 Å². The lowest BCUT2D eigenvalue weighted by molar-refractivity contribution is -0.120. The minimum atomic E-state index is -0.0195. The normalized spacial score (nSPS) is 23.7. The van der Waals surface area contributed by atoms with E-state index in [1.54, 1.807) is 0 Å². The number of carbonyl (C=O) groups is 1. The summed E-state index contributed by atoms with van der Waals surface area (Å²) in [6.07, 6.45) is 2.93. The molecule has 0 bridgehead atoms. The Labute approximate surface area is 115 Å². The van der Waals surface area contributed by atoms with Crippen LogP contribution in [0.1, 0.15) is 24.8 Å². The van der Waals surface area contributed by atoms with Gasteiger partial charge in [0.25, 0.3) is 0 Å². The van der Waals surface area contributed by atoms with Gasteiger partial charge in [-0.3, -0.25) is 4.79 Å². The predicted octanol–water partition coefficient (Wildman–Crippen LogP) is 2.67. The molecule has 92 valence electrons. The molecule has 0 spiro atoms. The van der Waals surface area contributed by atoms with Gasteiger partial charge >= 0.3 is 0 Å². The van der Waals surface area contributed by atoms with Crippen molar-refractivity contribution >= 4 is 34.2 Å². The fraction of sp³-hybridized carbons (Fsp3) is 0.462. The van der Waals surface area contributed by atoms with Crippen molar-refractivity contribution in [3.05, 3.63) is 27.3 Å². The van der Waals surface area contributed by atoms with Crippen LogP contribution in [-0.2, 0) is 4.79 Å². The summed E-state index contributed by atoms with van der Waals surface area (Å²) < 4.78 is 1.16. The van der Waals surface area contributed by atoms with Gasteiger partial charge in [0, 0.05) is 15.3 Å². The Morgan fingerprint density at radius 2 is 2.24 bits per heavy atom. The van der Waals surface area contributed by atoms with E-state index >= 15 is 0 Å². The smallest absolute Gasteiger partial charge is 0.229 e. The summed E-state index contributed by atoms with van der Waals surface area (Å²) in [7, 11) is 0. The Bertz CT molecular complexity index is 433. The first-order chi connectivity index (χ1) is 8.08. The van der Waals surface area contributed by atoms with Gasteiger partial charge in [-0.2, -0.15) is 0 Å². The van der Waals surface area contributed by atoms with Gasteiger partial charge in [-0.25, -0.2) is 0 Å². The summed E-state index contributed by atoms with van der Waals surface area (Å²) in [5.74, 6) is 0.0450. The molecule has 1 aromatic carbocycles. The van der Waals surface area contributed by atoms with Crippen LogP contribution in [0.3, 0.4) is 0 Å².